The second-order valence-electron chi connectivity index (χ2n) is 10.1. The van der Waals surface area contributed by atoms with Gasteiger partial charge in [0.2, 0.25) is 0 Å². The van der Waals surface area contributed by atoms with Gasteiger partial charge in [-0.15, -0.1) is 11.3 Å². The Labute approximate surface area is 206 Å². The molecular weight excluding hydrogens is 440 g/mol. The van der Waals surface area contributed by atoms with Crippen LogP contribution in [-0.4, -0.2) is 47.5 Å². The Bertz CT molecular complexity index is 1100. The van der Waals surface area contributed by atoms with Crippen LogP contribution in [-0.2, 0) is 0 Å². The minimum absolute atomic E-state index is 0.0760. The normalized spacial score (nSPS) is 22.6. The average Bonchev–Trinajstić information content (AvgIpc) is 3.64. The van der Waals surface area contributed by atoms with Gasteiger partial charge in [-0.3, -0.25) is 9.69 Å². The van der Waals surface area contributed by atoms with Crippen molar-refractivity contribution >= 4 is 33.1 Å². The number of para-hydroxylation sites is 1. The predicted molar refractivity (Wildman–Crippen MR) is 140 cm³/mol. The molecule has 1 amide bonds. The number of fused-ring (bicyclic) bond motifs is 1. The smallest absolute Gasteiger partial charge is 0.251 e. The highest BCUT2D eigenvalue weighted by Crippen LogP contribution is 2.39. The van der Waals surface area contributed by atoms with Gasteiger partial charge in [0.15, 0.2) is 0 Å². The number of rotatable bonds is 5. The minimum Gasteiger partial charge on any atom is -0.371 e. The van der Waals surface area contributed by atoms with Gasteiger partial charge in [-0.25, -0.2) is 4.98 Å². The lowest BCUT2D eigenvalue weighted by atomic mass is 10.0. The third-order valence-electron chi connectivity index (χ3n) is 8.01. The molecule has 34 heavy (non-hydrogen) atoms. The fourth-order valence-corrected chi connectivity index (χ4v) is 7.27. The summed E-state index contributed by atoms with van der Waals surface area (Å²) in [5.74, 6) is 0.0760. The van der Waals surface area contributed by atoms with E-state index in [2.05, 4.69) is 51.5 Å². The fraction of sp³-hybridized carbons (Fsp3) is 0.500. The van der Waals surface area contributed by atoms with Gasteiger partial charge in [-0.2, -0.15) is 0 Å². The molecule has 3 aliphatic rings. The molecule has 1 atom stereocenters. The molecule has 1 aromatic heterocycles. The number of hydrogen-bond acceptors (Lipinski definition) is 5. The molecule has 0 radical (unpaired) electrons. The van der Waals surface area contributed by atoms with Crippen molar-refractivity contribution in [3.05, 3.63) is 59.1 Å². The van der Waals surface area contributed by atoms with E-state index in [-0.39, 0.29) is 5.91 Å². The van der Waals surface area contributed by atoms with Crippen molar-refractivity contribution in [1.82, 2.24) is 15.2 Å². The van der Waals surface area contributed by atoms with Crippen LogP contribution in [0.4, 0.5) is 5.69 Å². The topological polar surface area (TPSA) is 48.5 Å². The number of hydrogen-bond donors (Lipinski definition) is 1. The van der Waals surface area contributed by atoms with E-state index in [4.69, 9.17) is 4.98 Å². The molecule has 2 aromatic carbocycles. The molecule has 3 fully saturated rings. The molecule has 5 nitrogen and oxygen atoms in total. The minimum atomic E-state index is 0.0760. The zero-order valence-electron chi connectivity index (χ0n) is 19.8. The maximum absolute atomic E-state index is 12.5. The molecule has 3 heterocycles. The van der Waals surface area contributed by atoms with Gasteiger partial charge in [0.25, 0.3) is 5.91 Å². The van der Waals surface area contributed by atoms with Crippen molar-refractivity contribution in [2.24, 2.45) is 0 Å². The number of carbonyl (C=O) groups excluding carboxylic acids is 1. The van der Waals surface area contributed by atoms with E-state index in [9.17, 15) is 4.79 Å². The van der Waals surface area contributed by atoms with Crippen molar-refractivity contribution in [2.75, 3.05) is 24.5 Å². The van der Waals surface area contributed by atoms with Crippen molar-refractivity contribution in [2.45, 2.75) is 69.5 Å². The summed E-state index contributed by atoms with van der Waals surface area (Å²) >= 11 is 1.88. The lowest BCUT2D eigenvalue weighted by Crippen LogP contribution is -2.44. The van der Waals surface area contributed by atoms with Crippen LogP contribution in [0.15, 0.2) is 48.5 Å². The lowest BCUT2D eigenvalue weighted by molar-refractivity contribution is 0.0938. The number of thiazole rings is 1. The summed E-state index contributed by atoms with van der Waals surface area (Å²) in [5.41, 5.74) is 3.16. The van der Waals surface area contributed by atoms with Gasteiger partial charge in [0.1, 0.15) is 5.01 Å². The standard InChI is InChI=1S/C28H34N4OS/c33-27(29-21-6-1-2-7-21)20-11-13-22(14-12-20)31-18-15-23(16-19-31)32-17-5-9-25(32)28-30-24-8-3-4-10-26(24)34-28/h3-4,8,10-14,21,23,25H,1-2,5-7,9,15-19H2,(H,29,33)/t25-/m0/s1. The Hall–Kier alpha value is -2.44. The van der Waals surface area contributed by atoms with Gasteiger partial charge < -0.3 is 10.2 Å². The fourth-order valence-electron chi connectivity index (χ4n) is 6.14. The van der Waals surface area contributed by atoms with Crippen molar-refractivity contribution in [3.8, 4) is 0 Å². The molecule has 6 rings (SSSR count). The summed E-state index contributed by atoms with van der Waals surface area (Å²) in [6.45, 7) is 3.33. The number of likely N-dealkylation sites (tertiary alicyclic amines) is 1. The summed E-state index contributed by atoms with van der Waals surface area (Å²) in [6, 6.07) is 18.2. The molecule has 1 saturated carbocycles. The summed E-state index contributed by atoms with van der Waals surface area (Å²) in [7, 11) is 0. The lowest BCUT2D eigenvalue weighted by Gasteiger charge is -2.39. The number of anilines is 1. The van der Waals surface area contributed by atoms with Gasteiger partial charge in [0, 0.05) is 36.4 Å². The number of amides is 1. The monoisotopic (exact) mass is 474 g/mol. The van der Waals surface area contributed by atoms with E-state index in [1.165, 1.54) is 60.5 Å². The Morgan fingerprint density at radius 1 is 0.882 bits per heavy atom. The van der Waals surface area contributed by atoms with Crippen LogP contribution in [0.3, 0.4) is 0 Å². The van der Waals surface area contributed by atoms with E-state index in [0.717, 1.165) is 37.0 Å². The first kappa shape index (κ1) is 22.1. The summed E-state index contributed by atoms with van der Waals surface area (Å²) < 4.78 is 1.31. The van der Waals surface area contributed by atoms with Gasteiger partial charge in [-0.1, -0.05) is 25.0 Å². The van der Waals surface area contributed by atoms with E-state index in [1.807, 2.05) is 23.5 Å². The Morgan fingerprint density at radius 2 is 1.65 bits per heavy atom. The zero-order chi connectivity index (χ0) is 22.9. The summed E-state index contributed by atoms with van der Waals surface area (Å²) in [4.78, 5) is 22.8. The predicted octanol–water partition coefficient (Wildman–Crippen LogP) is 5.77. The number of nitrogens with zero attached hydrogens (tertiary/aromatic N) is 3. The molecule has 0 unspecified atom stereocenters. The van der Waals surface area contributed by atoms with Crippen LogP contribution in [0, 0.1) is 0 Å². The van der Waals surface area contributed by atoms with Crippen LogP contribution in [0.25, 0.3) is 10.2 Å². The quantitative estimate of drug-likeness (QED) is 0.510. The van der Waals surface area contributed by atoms with Gasteiger partial charge >= 0.3 is 0 Å². The van der Waals surface area contributed by atoms with Crippen LogP contribution >= 0.6 is 11.3 Å². The Balaban J connectivity index is 1.07. The number of aromatic nitrogens is 1. The average molecular weight is 475 g/mol. The first-order chi connectivity index (χ1) is 16.7. The van der Waals surface area contributed by atoms with Crippen molar-refractivity contribution in [1.29, 1.82) is 0 Å². The molecule has 0 spiro atoms. The molecule has 6 heteroatoms. The largest absolute Gasteiger partial charge is 0.371 e. The first-order valence-electron chi connectivity index (χ1n) is 13.0. The summed E-state index contributed by atoms with van der Waals surface area (Å²) in [6.07, 6.45) is 9.58. The summed E-state index contributed by atoms with van der Waals surface area (Å²) in [5, 5.41) is 4.49. The third-order valence-corrected chi connectivity index (χ3v) is 9.15. The van der Waals surface area contributed by atoms with E-state index < -0.39 is 0 Å². The van der Waals surface area contributed by atoms with E-state index >= 15 is 0 Å². The van der Waals surface area contributed by atoms with Crippen LogP contribution in [0.2, 0.25) is 0 Å². The second-order valence-corrected chi connectivity index (χ2v) is 11.2. The highest BCUT2D eigenvalue weighted by atomic mass is 32.1. The zero-order valence-corrected chi connectivity index (χ0v) is 20.6. The van der Waals surface area contributed by atoms with Gasteiger partial charge in [-0.05, 0) is 81.5 Å². The number of nitrogens with one attached hydrogen (secondary N) is 1. The molecule has 0 bridgehead atoms. The van der Waals surface area contributed by atoms with Gasteiger partial charge in [0.05, 0.1) is 16.3 Å². The molecular formula is C28H34N4OS. The Kier molecular flexibility index (Phi) is 6.27. The molecule has 1 N–H and O–H groups in total. The molecule has 1 aliphatic carbocycles. The number of benzene rings is 2. The molecule has 2 saturated heterocycles. The molecule has 2 aliphatic heterocycles. The molecule has 3 aromatic rings. The second kappa shape index (κ2) is 9.67. The maximum atomic E-state index is 12.5. The first-order valence-corrected chi connectivity index (χ1v) is 13.8. The highest BCUT2D eigenvalue weighted by Gasteiger charge is 2.35. The number of carbonyl (C=O) groups is 1. The third kappa shape index (κ3) is 4.46. The van der Waals surface area contributed by atoms with Crippen LogP contribution in [0.1, 0.15) is 72.8 Å². The van der Waals surface area contributed by atoms with E-state index in [0.29, 0.717) is 18.1 Å². The highest BCUT2D eigenvalue weighted by molar-refractivity contribution is 7.18. The van der Waals surface area contributed by atoms with Crippen molar-refractivity contribution < 1.29 is 4.79 Å². The van der Waals surface area contributed by atoms with Crippen molar-refractivity contribution in [3.63, 3.8) is 0 Å². The van der Waals surface area contributed by atoms with Crippen LogP contribution in [0.5, 0.6) is 0 Å². The number of piperidine rings is 1. The van der Waals surface area contributed by atoms with Crippen LogP contribution < -0.4 is 10.2 Å². The van der Waals surface area contributed by atoms with E-state index in [1.54, 1.807) is 0 Å². The SMILES string of the molecule is O=C(NC1CCCC1)c1ccc(N2CCC(N3CCC[C@H]3c3nc4ccccc4s3)CC2)cc1. The molecule has 178 valence electrons. The maximum Gasteiger partial charge on any atom is 0.251 e. The Morgan fingerprint density at radius 3 is 2.41 bits per heavy atom.